The third-order valence-electron chi connectivity index (χ3n) is 4.16. The molecule has 2 nitrogen and oxygen atoms in total. The second-order valence-electron chi connectivity index (χ2n) is 5.35. The van der Waals surface area contributed by atoms with Crippen LogP contribution >= 0.6 is 0 Å². The monoisotopic (exact) mass is 264 g/mol. The Balaban J connectivity index is 1.92. The molecule has 0 saturated carbocycles. The zero-order chi connectivity index (χ0) is 13.7. The van der Waals surface area contributed by atoms with Crippen LogP contribution in [0.5, 0.6) is 0 Å². The third kappa shape index (κ3) is 3.77. The van der Waals surface area contributed by atoms with Crippen molar-refractivity contribution < 1.29 is 4.39 Å². The highest BCUT2D eigenvalue weighted by molar-refractivity contribution is 5.20. The number of hydrogen-bond donors (Lipinski definition) is 1. The summed E-state index contributed by atoms with van der Waals surface area (Å²) in [6.45, 7) is 7.72. The van der Waals surface area contributed by atoms with E-state index in [1.54, 1.807) is 12.1 Å². The molecule has 0 radical (unpaired) electrons. The molecule has 0 aromatic heterocycles. The van der Waals surface area contributed by atoms with Crippen LogP contribution in [-0.4, -0.2) is 30.6 Å². The van der Waals surface area contributed by atoms with Crippen molar-refractivity contribution in [2.75, 3.05) is 19.6 Å². The molecule has 0 amide bonds. The second-order valence-corrected chi connectivity index (χ2v) is 5.35. The van der Waals surface area contributed by atoms with Crippen molar-refractivity contribution in [3.05, 3.63) is 35.6 Å². The highest BCUT2D eigenvalue weighted by Gasteiger charge is 2.23. The van der Waals surface area contributed by atoms with Gasteiger partial charge in [0.15, 0.2) is 0 Å². The average molecular weight is 264 g/mol. The zero-order valence-electron chi connectivity index (χ0n) is 12.0. The highest BCUT2D eigenvalue weighted by atomic mass is 19.1. The summed E-state index contributed by atoms with van der Waals surface area (Å²) in [7, 11) is 0. The van der Waals surface area contributed by atoms with E-state index in [9.17, 15) is 4.39 Å². The van der Waals surface area contributed by atoms with Crippen LogP contribution in [0.4, 0.5) is 4.39 Å². The Bertz CT molecular complexity index is 394. The second kappa shape index (κ2) is 7.01. The van der Waals surface area contributed by atoms with Crippen molar-refractivity contribution in [3.8, 4) is 0 Å². The van der Waals surface area contributed by atoms with Gasteiger partial charge in [0.25, 0.3) is 0 Å². The number of rotatable bonds is 6. The summed E-state index contributed by atoms with van der Waals surface area (Å²) in [5.41, 5.74) is 1.06. The fourth-order valence-electron chi connectivity index (χ4n) is 3.04. The number of halogens is 1. The third-order valence-corrected chi connectivity index (χ3v) is 4.16. The summed E-state index contributed by atoms with van der Waals surface area (Å²) in [4.78, 5) is 2.53. The lowest BCUT2D eigenvalue weighted by Crippen LogP contribution is -2.39. The van der Waals surface area contributed by atoms with E-state index in [2.05, 4.69) is 24.1 Å². The number of nitrogens with zero attached hydrogens (tertiary/aromatic N) is 1. The lowest BCUT2D eigenvalue weighted by molar-refractivity contribution is 0.253. The van der Waals surface area contributed by atoms with Crippen LogP contribution in [-0.2, 0) is 0 Å². The lowest BCUT2D eigenvalue weighted by Gasteiger charge is -2.26. The largest absolute Gasteiger partial charge is 0.308 e. The first kappa shape index (κ1) is 14.5. The fourth-order valence-corrected chi connectivity index (χ4v) is 3.04. The van der Waals surface area contributed by atoms with Gasteiger partial charge in [0.2, 0.25) is 0 Å². The molecule has 0 spiro atoms. The van der Waals surface area contributed by atoms with Gasteiger partial charge in [0.05, 0.1) is 0 Å². The number of benzene rings is 1. The summed E-state index contributed by atoms with van der Waals surface area (Å²) < 4.78 is 13.3. The Kier molecular flexibility index (Phi) is 5.34. The van der Waals surface area contributed by atoms with Crippen LogP contribution in [0.2, 0.25) is 0 Å². The van der Waals surface area contributed by atoms with Crippen molar-refractivity contribution in [3.63, 3.8) is 0 Å². The number of hydrogen-bond acceptors (Lipinski definition) is 2. The van der Waals surface area contributed by atoms with Gasteiger partial charge in [-0.1, -0.05) is 26.0 Å². The van der Waals surface area contributed by atoms with Crippen LogP contribution in [0.15, 0.2) is 24.3 Å². The van der Waals surface area contributed by atoms with E-state index >= 15 is 0 Å². The molecular formula is C16H25FN2. The Morgan fingerprint density at radius 3 is 2.95 bits per heavy atom. The normalized spacial score (nSPS) is 21.7. The number of likely N-dealkylation sites (tertiary alicyclic amines) is 1. The standard InChI is InChI=1S/C16H25FN2/c1-3-16(13-7-5-8-14(17)11-13)18-12-15-9-6-10-19(15)4-2/h5,7-8,11,15-16,18H,3-4,6,9-10,12H2,1-2H3. The van der Waals surface area contributed by atoms with Gasteiger partial charge >= 0.3 is 0 Å². The number of nitrogens with one attached hydrogen (secondary N) is 1. The first-order chi connectivity index (χ1) is 9.24. The van der Waals surface area contributed by atoms with Gasteiger partial charge in [0, 0.05) is 18.6 Å². The molecule has 2 unspecified atom stereocenters. The van der Waals surface area contributed by atoms with Gasteiger partial charge in [-0.2, -0.15) is 0 Å². The van der Waals surface area contributed by atoms with E-state index in [0.717, 1.165) is 25.1 Å². The first-order valence-electron chi connectivity index (χ1n) is 7.47. The molecule has 19 heavy (non-hydrogen) atoms. The molecule has 1 aromatic rings. The summed E-state index contributed by atoms with van der Waals surface area (Å²) in [5, 5.41) is 3.61. The minimum atomic E-state index is -0.145. The SMILES string of the molecule is CCC(NCC1CCCN1CC)c1cccc(F)c1. The maximum absolute atomic E-state index is 13.3. The minimum absolute atomic E-state index is 0.145. The minimum Gasteiger partial charge on any atom is -0.308 e. The Morgan fingerprint density at radius 2 is 2.26 bits per heavy atom. The maximum Gasteiger partial charge on any atom is 0.123 e. The van der Waals surface area contributed by atoms with Crippen LogP contribution < -0.4 is 5.32 Å². The van der Waals surface area contributed by atoms with Crippen molar-refractivity contribution in [1.29, 1.82) is 0 Å². The van der Waals surface area contributed by atoms with Crippen LogP contribution in [0.1, 0.15) is 44.7 Å². The highest BCUT2D eigenvalue weighted by Crippen LogP contribution is 2.20. The average Bonchev–Trinajstić information content (AvgIpc) is 2.87. The Morgan fingerprint density at radius 1 is 1.42 bits per heavy atom. The van der Waals surface area contributed by atoms with E-state index in [1.807, 2.05) is 6.07 Å². The molecule has 106 valence electrons. The summed E-state index contributed by atoms with van der Waals surface area (Å²) in [6, 6.07) is 7.86. The topological polar surface area (TPSA) is 15.3 Å². The number of likely N-dealkylation sites (N-methyl/N-ethyl adjacent to an activating group) is 1. The van der Waals surface area contributed by atoms with Gasteiger partial charge in [-0.05, 0) is 50.0 Å². The summed E-state index contributed by atoms with van der Waals surface area (Å²) in [5.74, 6) is -0.145. The molecular weight excluding hydrogens is 239 g/mol. The van der Waals surface area contributed by atoms with Crippen LogP contribution in [0, 0.1) is 5.82 Å². The van der Waals surface area contributed by atoms with Gasteiger partial charge in [0.1, 0.15) is 5.82 Å². The van der Waals surface area contributed by atoms with E-state index in [-0.39, 0.29) is 11.9 Å². The molecule has 0 bridgehead atoms. The molecule has 1 aliphatic rings. The van der Waals surface area contributed by atoms with E-state index in [1.165, 1.54) is 25.5 Å². The lowest BCUT2D eigenvalue weighted by atomic mass is 10.0. The van der Waals surface area contributed by atoms with Crippen molar-refractivity contribution in [1.82, 2.24) is 10.2 Å². The Labute approximate surface area is 116 Å². The van der Waals surface area contributed by atoms with E-state index < -0.39 is 0 Å². The first-order valence-corrected chi connectivity index (χ1v) is 7.47. The predicted octanol–water partition coefficient (Wildman–Crippen LogP) is 3.35. The molecule has 1 N–H and O–H groups in total. The maximum atomic E-state index is 13.3. The molecule has 3 heteroatoms. The molecule has 1 heterocycles. The summed E-state index contributed by atoms with van der Waals surface area (Å²) >= 11 is 0. The molecule has 0 aliphatic carbocycles. The van der Waals surface area contributed by atoms with Gasteiger partial charge in [-0.15, -0.1) is 0 Å². The molecule has 1 aromatic carbocycles. The Hall–Kier alpha value is -0.930. The zero-order valence-corrected chi connectivity index (χ0v) is 12.0. The summed E-state index contributed by atoms with van der Waals surface area (Å²) in [6.07, 6.45) is 3.57. The van der Waals surface area contributed by atoms with E-state index in [0.29, 0.717) is 6.04 Å². The van der Waals surface area contributed by atoms with Crippen molar-refractivity contribution >= 4 is 0 Å². The molecule has 1 saturated heterocycles. The van der Waals surface area contributed by atoms with Gasteiger partial charge < -0.3 is 5.32 Å². The molecule has 1 fully saturated rings. The van der Waals surface area contributed by atoms with Crippen LogP contribution in [0.3, 0.4) is 0 Å². The smallest absolute Gasteiger partial charge is 0.123 e. The van der Waals surface area contributed by atoms with E-state index in [4.69, 9.17) is 0 Å². The van der Waals surface area contributed by atoms with Crippen LogP contribution in [0.25, 0.3) is 0 Å². The van der Waals surface area contributed by atoms with Gasteiger partial charge in [-0.3, -0.25) is 4.90 Å². The van der Waals surface area contributed by atoms with Gasteiger partial charge in [-0.25, -0.2) is 4.39 Å². The fraction of sp³-hybridized carbons (Fsp3) is 0.625. The quantitative estimate of drug-likeness (QED) is 0.847. The van der Waals surface area contributed by atoms with Crippen molar-refractivity contribution in [2.24, 2.45) is 0 Å². The van der Waals surface area contributed by atoms with Crippen molar-refractivity contribution in [2.45, 2.75) is 45.2 Å². The molecule has 1 aliphatic heterocycles. The predicted molar refractivity (Wildman–Crippen MR) is 77.7 cm³/mol. The molecule has 2 rings (SSSR count). The molecule has 2 atom stereocenters.